The molecular weight excluding hydrogens is 497 g/mol. The van der Waals surface area contributed by atoms with Gasteiger partial charge in [0.15, 0.2) is 17.3 Å². The highest BCUT2D eigenvalue weighted by Crippen LogP contribution is 2.40. The Kier molecular flexibility index (Phi) is 6.73. The van der Waals surface area contributed by atoms with Crippen LogP contribution in [0.25, 0.3) is 22.6 Å². The first-order chi connectivity index (χ1) is 16.9. The van der Waals surface area contributed by atoms with Crippen LogP contribution in [0, 0.1) is 17.6 Å². The van der Waals surface area contributed by atoms with E-state index < -0.39 is 11.6 Å². The van der Waals surface area contributed by atoms with E-state index >= 15 is 0 Å². The number of hydrogen-bond acceptors (Lipinski definition) is 6. The van der Waals surface area contributed by atoms with E-state index in [1.807, 2.05) is 4.57 Å². The molecule has 1 fully saturated rings. The van der Waals surface area contributed by atoms with Crippen LogP contribution in [0.3, 0.4) is 0 Å². The number of rotatable bonds is 6. The Bertz CT molecular complexity index is 1390. The zero-order valence-corrected chi connectivity index (χ0v) is 20.0. The van der Waals surface area contributed by atoms with E-state index in [0.717, 1.165) is 38.1 Å². The van der Waals surface area contributed by atoms with E-state index in [2.05, 4.69) is 20.6 Å². The highest BCUT2D eigenvalue weighted by Gasteiger charge is 2.24. The van der Waals surface area contributed by atoms with Gasteiger partial charge in [0, 0.05) is 13.1 Å². The van der Waals surface area contributed by atoms with E-state index in [0.29, 0.717) is 51.5 Å². The van der Waals surface area contributed by atoms with E-state index in [9.17, 15) is 13.9 Å². The molecule has 5 rings (SSSR count). The normalized spacial score (nSPS) is 16.1. The number of nitrogens with one attached hydrogen (secondary N) is 2. The number of anilines is 1. The molecule has 1 aliphatic heterocycles. The second-order valence-corrected chi connectivity index (χ2v) is 9.30. The van der Waals surface area contributed by atoms with Gasteiger partial charge in [-0.15, -0.1) is 0 Å². The number of aromatic hydroxyl groups is 1. The molecular formula is C24H22Cl2F2N6O. The quantitative estimate of drug-likeness (QED) is 0.317. The van der Waals surface area contributed by atoms with Crippen LogP contribution in [0.2, 0.25) is 10.0 Å². The van der Waals surface area contributed by atoms with Crippen molar-refractivity contribution in [1.29, 1.82) is 0 Å². The lowest BCUT2D eigenvalue weighted by Gasteiger charge is -2.24. The first-order valence-corrected chi connectivity index (χ1v) is 12.0. The average molecular weight is 519 g/mol. The summed E-state index contributed by atoms with van der Waals surface area (Å²) in [4.78, 5) is 13.7. The van der Waals surface area contributed by atoms with E-state index in [4.69, 9.17) is 28.2 Å². The molecule has 0 saturated carbocycles. The number of imidazole rings is 1. The minimum absolute atomic E-state index is 0.0935. The third-order valence-electron chi connectivity index (χ3n) is 6.06. The van der Waals surface area contributed by atoms with Gasteiger partial charge in [-0.2, -0.15) is 4.98 Å². The minimum Gasteiger partial charge on any atom is -0.506 e. The zero-order chi connectivity index (χ0) is 24.5. The van der Waals surface area contributed by atoms with Gasteiger partial charge in [0.2, 0.25) is 5.95 Å². The van der Waals surface area contributed by atoms with Gasteiger partial charge in [-0.25, -0.2) is 18.7 Å². The molecule has 7 nitrogen and oxygen atoms in total. The summed E-state index contributed by atoms with van der Waals surface area (Å²) >= 11 is 12.9. The molecule has 2 aromatic carbocycles. The fourth-order valence-electron chi connectivity index (χ4n) is 4.28. The molecule has 0 bridgehead atoms. The molecule has 182 valence electrons. The number of nitrogens with zero attached hydrogens (tertiary/aromatic N) is 4. The van der Waals surface area contributed by atoms with Crippen LogP contribution >= 0.6 is 23.2 Å². The molecule has 3 heterocycles. The van der Waals surface area contributed by atoms with E-state index in [1.165, 1.54) is 12.1 Å². The Hall–Kier alpha value is -3.01. The molecule has 2 aromatic heterocycles. The number of phenols is 1. The molecule has 0 aliphatic carbocycles. The van der Waals surface area contributed by atoms with Crippen molar-refractivity contribution in [2.45, 2.75) is 25.9 Å². The first-order valence-electron chi connectivity index (χ1n) is 11.2. The summed E-state index contributed by atoms with van der Waals surface area (Å²) in [5.74, 6) is -0.769. The number of aromatic nitrogens is 4. The summed E-state index contributed by atoms with van der Waals surface area (Å²) in [5, 5.41) is 17.1. The smallest absolute Gasteiger partial charge is 0.225 e. The van der Waals surface area contributed by atoms with Gasteiger partial charge in [-0.3, -0.25) is 0 Å². The summed E-state index contributed by atoms with van der Waals surface area (Å²) in [5.41, 5.74) is 2.08. The summed E-state index contributed by atoms with van der Waals surface area (Å²) in [6.45, 7) is 2.66. The highest BCUT2D eigenvalue weighted by atomic mass is 35.5. The number of phenolic OH excluding ortho intramolecular Hbond substituents is 1. The van der Waals surface area contributed by atoms with Crippen molar-refractivity contribution in [3.05, 3.63) is 63.8 Å². The highest BCUT2D eigenvalue weighted by molar-refractivity contribution is 6.40. The molecule has 1 saturated heterocycles. The second-order valence-electron chi connectivity index (χ2n) is 8.52. The van der Waals surface area contributed by atoms with E-state index in [-0.39, 0.29) is 17.3 Å². The van der Waals surface area contributed by atoms with Gasteiger partial charge in [0.05, 0.1) is 21.8 Å². The number of fused-ring (bicyclic) bond motifs is 1. The van der Waals surface area contributed by atoms with Crippen LogP contribution in [0.15, 0.2) is 36.5 Å². The molecule has 4 aromatic rings. The molecule has 11 heteroatoms. The number of halogens is 4. The van der Waals surface area contributed by atoms with Crippen LogP contribution in [-0.2, 0) is 13.1 Å². The monoisotopic (exact) mass is 518 g/mol. The van der Waals surface area contributed by atoms with Crippen LogP contribution in [0.4, 0.5) is 14.7 Å². The van der Waals surface area contributed by atoms with Crippen molar-refractivity contribution in [3.8, 4) is 17.1 Å². The van der Waals surface area contributed by atoms with Crippen molar-refractivity contribution in [2.75, 3.05) is 18.4 Å². The molecule has 1 unspecified atom stereocenters. The molecule has 0 spiro atoms. The SMILES string of the molecule is Oc1ccc(Cl)c(-c2nc3cnc(NCc4ccc(F)c(F)c4)nc3n2CC2CCCNC2)c1Cl. The van der Waals surface area contributed by atoms with E-state index in [1.54, 1.807) is 12.3 Å². The third-order valence-corrected chi connectivity index (χ3v) is 6.75. The maximum absolute atomic E-state index is 13.6. The van der Waals surface area contributed by atoms with Crippen molar-refractivity contribution in [1.82, 2.24) is 24.8 Å². The lowest BCUT2D eigenvalue weighted by molar-refractivity contribution is 0.341. The van der Waals surface area contributed by atoms with Gasteiger partial charge >= 0.3 is 0 Å². The summed E-state index contributed by atoms with van der Waals surface area (Å²) < 4.78 is 28.7. The van der Waals surface area contributed by atoms with Crippen molar-refractivity contribution in [2.24, 2.45) is 5.92 Å². The van der Waals surface area contributed by atoms with Gasteiger partial charge < -0.3 is 20.3 Å². The Morgan fingerprint density at radius 3 is 2.77 bits per heavy atom. The fraction of sp³-hybridized carbons (Fsp3) is 0.292. The predicted molar refractivity (Wildman–Crippen MR) is 132 cm³/mol. The number of piperidine rings is 1. The standard InChI is InChI=1S/C24H22Cl2F2N6O/c25-15-4-6-19(35)21(26)20(15)23-32-18-11-31-24(30-10-13-3-5-16(27)17(28)8-13)33-22(18)34(23)12-14-2-1-7-29-9-14/h3-6,8,11,14,29,35H,1-2,7,9-10,12H2,(H,30,31,33). The number of hydrogen-bond donors (Lipinski definition) is 3. The zero-order valence-electron chi connectivity index (χ0n) is 18.5. The lowest BCUT2D eigenvalue weighted by atomic mass is 9.99. The molecule has 35 heavy (non-hydrogen) atoms. The Morgan fingerprint density at radius 1 is 1.14 bits per heavy atom. The fourth-order valence-corrected chi connectivity index (χ4v) is 4.82. The van der Waals surface area contributed by atoms with Crippen LogP contribution in [-0.4, -0.2) is 37.7 Å². The number of benzene rings is 2. The van der Waals surface area contributed by atoms with Crippen molar-refractivity contribution < 1.29 is 13.9 Å². The van der Waals surface area contributed by atoms with Crippen LogP contribution in [0.5, 0.6) is 5.75 Å². The van der Waals surface area contributed by atoms with Crippen molar-refractivity contribution >= 4 is 40.3 Å². The maximum atomic E-state index is 13.6. The third kappa shape index (κ3) is 4.89. The Labute approximate surface area is 210 Å². The largest absolute Gasteiger partial charge is 0.506 e. The molecule has 1 aliphatic rings. The molecule has 3 N–H and O–H groups in total. The van der Waals surface area contributed by atoms with Crippen LogP contribution < -0.4 is 10.6 Å². The molecule has 0 radical (unpaired) electrons. The van der Waals surface area contributed by atoms with Crippen LogP contribution in [0.1, 0.15) is 18.4 Å². The lowest BCUT2D eigenvalue weighted by Crippen LogP contribution is -2.32. The van der Waals surface area contributed by atoms with Gasteiger partial charge in [-0.1, -0.05) is 29.3 Å². The van der Waals surface area contributed by atoms with Gasteiger partial charge in [0.25, 0.3) is 0 Å². The Balaban J connectivity index is 1.54. The molecule has 0 amide bonds. The summed E-state index contributed by atoms with van der Waals surface area (Å²) in [6, 6.07) is 6.72. The maximum Gasteiger partial charge on any atom is 0.225 e. The summed E-state index contributed by atoms with van der Waals surface area (Å²) in [6.07, 6.45) is 3.69. The second kappa shape index (κ2) is 9.93. The Morgan fingerprint density at radius 2 is 2.00 bits per heavy atom. The van der Waals surface area contributed by atoms with Crippen molar-refractivity contribution in [3.63, 3.8) is 0 Å². The minimum atomic E-state index is -0.913. The molecule has 1 atom stereocenters. The predicted octanol–water partition coefficient (Wildman–Crippen LogP) is 5.40. The first kappa shape index (κ1) is 23.7. The van der Waals surface area contributed by atoms with Gasteiger partial charge in [0.1, 0.15) is 17.1 Å². The van der Waals surface area contributed by atoms with Gasteiger partial charge in [-0.05, 0) is 61.7 Å². The summed E-state index contributed by atoms with van der Waals surface area (Å²) in [7, 11) is 0. The average Bonchev–Trinajstić information content (AvgIpc) is 3.20. The topological polar surface area (TPSA) is 87.9 Å².